The van der Waals surface area contributed by atoms with Gasteiger partial charge in [0, 0.05) is 34.8 Å². The number of nitrogens with zero attached hydrogens (tertiary/aromatic N) is 3. The minimum Gasteiger partial charge on any atom is -0.338 e. The number of nitrogens with one attached hydrogen (secondary N) is 3. The predicted octanol–water partition coefficient (Wildman–Crippen LogP) is 5.40. The molecule has 34 heavy (non-hydrogen) atoms. The molecule has 1 amide bonds. The van der Waals surface area contributed by atoms with E-state index < -0.39 is 22.5 Å². The molecule has 11 heteroatoms. The Hall–Kier alpha value is -4.93. The van der Waals surface area contributed by atoms with Crippen LogP contribution in [0.4, 0.5) is 43.3 Å². The van der Waals surface area contributed by atoms with Gasteiger partial charge >= 0.3 is 0 Å². The van der Waals surface area contributed by atoms with E-state index in [4.69, 9.17) is 0 Å². The number of carbonyl (C=O) groups excluding carboxylic acids is 1. The minimum atomic E-state index is -0.701. The van der Waals surface area contributed by atoms with Gasteiger partial charge in [0.2, 0.25) is 5.95 Å². The minimum absolute atomic E-state index is 0.0770. The lowest BCUT2D eigenvalue weighted by Crippen LogP contribution is -2.12. The highest BCUT2D eigenvalue weighted by Crippen LogP contribution is 2.23. The first kappa shape index (κ1) is 22.3. The fraction of sp³-hybridized carbons (Fsp3) is 0. The Morgan fingerprint density at radius 2 is 1.62 bits per heavy atom. The highest BCUT2D eigenvalue weighted by atomic mass is 19.1. The van der Waals surface area contributed by atoms with E-state index in [0.717, 1.165) is 6.20 Å². The van der Waals surface area contributed by atoms with Crippen LogP contribution in [0.5, 0.6) is 0 Å². The average Bonchev–Trinajstić information content (AvgIpc) is 2.83. The number of hydrogen-bond acceptors (Lipinski definition) is 7. The third-order valence-corrected chi connectivity index (χ3v) is 4.55. The molecule has 0 atom stereocenters. The van der Waals surface area contributed by atoms with Crippen molar-refractivity contribution in [3.8, 4) is 0 Å². The number of carbonyl (C=O) groups is 1. The Kier molecular flexibility index (Phi) is 6.35. The number of nitro benzene ring substituents is 1. The van der Waals surface area contributed by atoms with Gasteiger partial charge < -0.3 is 16.0 Å². The first-order valence-corrected chi connectivity index (χ1v) is 9.85. The van der Waals surface area contributed by atoms with Crippen LogP contribution in [-0.2, 0) is 0 Å². The zero-order chi connectivity index (χ0) is 24.1. The molecule has 1 aromatic heterocycles. The molecule has 0 saturated carbocycles. The Balaban J connectivity index is 1.48. The topological polar surface area (TPSA) is 122 Å². The molecule has 3 N–H and O–H groups in total. The molecule has 0 aliphatic rings. The van der Waals surface area contributed by atoms with E-state index in [2.05, 4.69) is 25.9 Å². The number of non-ortho nitro benzene ring substituents is 1. The van der Waals surface area contributed by atoms with E-state index in [0.29, 0.717) is 17.1 Å². The second kappa shape index (κ2) is 9.69. The SMILES string of the molecule is O=C(Nc1cccc(Nc2ncc(F)c(Nc3ccc(F)cc3)n2)c1)c1cccc([N+](=O)[O-])c1. The smallest absolute Gasteiger partial charge is 0.270 e. The number of anilines is 5. The summed E-state index contributed by atoms with van der Waals surface area (Å²) in [4.78, 5) is 30.8. The Labute approximate surface area is 191 Å². The second-order valence-corrected chi connectivity index (χ2v) is 6.99. The first-order valence-electron chi connectivity index (χ1n) is 9.85. The van der Waals surface area contributed by atoms with Crippen molar-refractivity contribution in [2.45, 2.75) is 0 Å². The maximum atomic E-state index is 14.1. The van der Waals surface area contributed by atoms with Crippen molar-refractivity contribution in [2.24, 2.45) is 0 Å². The van der Waals surface area contributed by atoms with Gasteiger partial charge in [0.25, 0.3) is 11.6 Å². The van der Waals surface area contributed by atoms with Gasteiger partial charge in [-0.25, -0.2) is 13.8 Å². The number of halogens is 2. The molecule has 1 heterocycles. The molecule has 9 nitrogen and oxygen atoms in total. The third kappa shape index (κ3) is 5.46. The monoisotopic (exact) mass is 462 g/mol. The summed E-state index contributed by atoms with van der Waals surface area (Å²) < 4.78 is 27.2. The highest BCUT2D eigenvalue weighted by Gasteiger charge is 2.12. The lowest BCUT2D eigenvalue weighted by molar-refractivity contribution is -0.384. The van der Waals surface area contributed by atoms with E-state index in [1.54, 1.807) is 24.3 Å². The zero-order valence-electron chi connectivity index (χ0n) is 17.3. The Morgan fingerprint density at radius 3 is 2.38 bits per heavy atom. The third-order valence-electron chi connectivity index (χ3n) is 4.55. The first-order chi connectivity index (χ1) is 16.4. The van der Waals surface area contributed by atoms with Crippen LogP contribution in [0, 0.1) is 21.7 Å². The summed E-state index contributed by atoms with van der Waals surface area (Å²) in [7, 11) is 0. The Bertz CT molecular complexity index is 1370. The van der Waals surface area contributed by atoms with Gasteiger partial charge in [-0.05, 0) is 48.5 Å². The summed E-state index contributed by atoms with van der Waals surface area (Å²) in [6, 6.07) is 17.3. The van der Waals surface area contributed by atoms with Gasteiger partial charge in [-0.2, -0.15) is 4.98 Å². The van der Waals surface area contributed by atoms with Crippen molar-refractivity contribution in [1.29, 1.82) is 0 Å². The number of hydrogen-bond donors (Lipinski definition) is 3. The van der Waals surface area contributed by atoms with Crippen LogP contribution in [-0.4, -0.2) is 20.8 Å². The highest BCUT2D eigenvalue weighted by molar-refractivity contribution is 6.04. The van der Waals surface area contributed by atoms with E-state index in [9.17, 15) is 23.7 Å². The van der Waals surface area contributed by atoms with Crippen LogP contribution in [0.15, 0.2) is 79.0 Å². The van der Waals surface area contributed by atoms with Crippen LogP contribution >= 0.6 is 0 Å². The van der Waals surface area contributed by atoms with E-state index in [-0.39, 0.29) is 23.0 Å². The van der Waals surface area contributed by atoms with E-state index in [1.807, 2.05) is 0 Å². The predicted molar refractivity (Wildman–Crippen MR) is 122 cm³/mol. The van der Waals surface area contributed by atoms with Gasteiger partial charge in [-0.3, -0.25) is 14.9 Å². The van der Waals surface area contributed by atoms with Gasteiger partial charge in [-0.15, -0.1) is 0 Å². The fourth-order valence-electron chi connectivity index (χ4n) is 2.95. The molecule has 3 aromatic carbocycles. The lowest BCUT2D eigenvalue weighted by atomic mass is 10.2. The molecule has 0 spiro atoms. The second-order valence-electron chi connectivity index (χ2n) is 6.99. The molecule has 0 aliphatic heterocycles. The van der Waals surface area contributed by atoms with Crippen molar-refractivity contribution in [1.82, 2.24) is 9.97 Å². The van der Waals surface area contributed by atoms with Crippen LogP contribution in [0.3, 0.4) is 0 Å². The Morgan fingerprint density at radius 1 is 0.882 bits per heavy atom. The summed E-state index contributed by atoms with van der Waals surface area (Å²) in [5, 5.41) is 19.3. The van der Waals surface area contributed by atoms with Crippen LogP contribution in [0.25, 0.3) is 0 Å². The normalized spacial score (nSPS) is 10.4. The maximum absolute atomic E-state index is 14.1. The summed E-state index contributed by atoms with van der Waals surface area (Å²) in [5.41, 5.74) is 1.28. The zero-order valence-corrected chi connectivity index (χ0v) is 17.3. The van der Waals surface area contributed by atoms with Crippen molar-refractivity contribution < 1.29 is 18.5 Å². The standard InChI is InChI=1S/C23H16F2N6O3/c24-15-7-9-16(10-8-15)27-21-20(25)13-26-23(30-21)29-18-5-2-4-17(12-18)28-22(32)14-3-1-6-19(11-14)31(33)34/h1-13H,(H,28,32)(H2,26,27,29,30). The van der Waals surface area contributed by atoms with Gasteiger partial charge in [-0.1, -0.05) is 12.1 Å². The fourth-order valence-corrected chi connectivity index (χ4v) is 2.95. The average molecular weight is 462 g/mol. The quantitative estimate of drug-likeness (QED) is 0.248. The van der Waals surface area contributed by atoms with Crippen molar-refractivity contribution in [3.63, 3.8) is 0 Å². The number of benzene rings is 3. The molecule has 4 rings (SSSR count). The van der Waals surface area contributed by atoms with Crippen LogP contribution in [0.2, 0.25) is 0 Å². The number of nitro groups is 1. The summed E-state index contributed by atoms with van der Waals surface area (Å²) in [5.74, 6) is -1.68. The summed E-state index contributed by atoms with van der Waals surface area (Å²) in [6.07, 6.45) is 0.981. The molecule has 0 saturated heterocycles. The van der Waals surface area contributed by atoms with E-state index in [1.165, 1.54) is 48.5 Å². The molecule has 0 radical (unpaired) electrons. The molecule has 4 aromatic rings. The number of amides is 1. The number of rotatable bonds is 7. The van der Waals surface area contributed by atoms with Gasteiger partial charge in [0.15, 0.2) is 11.6 Å². The molecule has 0 bridgehead atoms. The van der Waals surface area contributed by atoms with Crippen molar-refractivity contribution in [3.05, 3.63) is 106 Å². The largest absolute Gasteiger partial charge is 0.338 e. The maximum Gasteiger partial charge on any atom is 0.270 e. The summed E-state index contributed by atoms with van der Waals surface area (Å²) in [6.45, 7) is 0. The molecule has 0 unspecified atom stereocenters. The number of aromatic nitrogens is 2. The van der Waals surface area contributed by atoms with Crippen LogP contribution in [0.1, 0.15) is 10.4 Å². The van der Waals surface area contributed by atoms with Crippen molar-refractivity contribution in [2.75, 3.05) is 16.0 Å². The molecular weight excluding hydrogens is 446 g/mol. The van der Waals surface area contributed by atoms with Gasteiger partial charge in [0.1, 0.15) is 5.82 Å². The molecule has 0 fully saturated rings. The van der Waals surface area contributed by atoms with Gasteiger partial charge in [0.05, 0.1) is 11.1 Å². The molecule has 170 valence electrons. The molecular formula is C23H16F2N6O3. The summed E-state index contributed by atoms with van der Waals surface area (Å²) >= 11 is 0. The van der Waals surface area contributed by atoms with E-state index >= 15 is 0 Å². The lowest BCUT2D eigenvalue weighted by Gasteiger charge is -2.11. The van der Waals surface area contributed by atoms with Crippen LogP contribution < -0.4 is 16.0 Å². The van der Waals surface area contributed by atoms with Crippen molar-refractivity contribution >= 4 is 40.4 Å². The molecule has 0 aliphatic carbocycles.